The summed E-state index contributed by atoms with van der Waals surface area (Å²) in [6.07, 6.45) is 10.2. The zero-order valence-electron chi connectivity index (χ0n) is 15.5. The Morgan fingerprint density at radius 2 is 1.80 bits per heavy atom. The van der Waals surface area contributed by atoms with Crippen molar-refractivity contribution in [1.29, 1.82) is 0 Å². The molecular weight excluding hydrogens is 316 g/mol. The molecule has 0 spiro atoms. The fourth-order valence-corrected chi connectivity index (χ4v) is 3.08. The molecule has 0 unspecified atom stereocenters. The molecule has 4 nitrogen and oxygen atoms in total. The quantitative estimate of drug-likeness (QED) is 0.405. The molecule has 0 heterocycles. The van der Waals surface area contributed by atoms with Crippen LogP contribution in [-0.4, -0.2) is 28.1 Å². The summed E-state index contributed by atoms with van der Waals surface area (Å²) in [6, 6.07) is 0. The average Bonchev–Trinajstić information content (AvgIpc) is 2.92. The number of Topliss-reactive ketones (excluding diaryl/α,β-unsaturated/α-hetero) is 1. The van der Waals surface area contributed by atoms with Crippen LogP contribution in [0.2, 0.25) is 0 Å². The average molecular weight is 348 g/mol. The molecule has 0 aliphatic heterocycles. The van der Waals surface area contributed by atoms with Gasteiger partial charge in [-0.3, -0.25) is 9.59 Å². The van der Waals surface area contributed by atoms with E-state index in [0.29, 0.717) is 19.3 Å². The summed E-state index contributed by atoms with van der Waals surface area (Å²) in [6.45, 7) is 2.13. The third kappa shape index (κ3) is 9.45. The van der Waals surface area contributed by atoms with Gasteiger partial charge in [0.25, 0.3) is 0 Å². The number of ketones is 1. The molecular formula is C21H32O4. The Hall–Kier alpha value is -1.60. The molecule has 0 radical (unpaired) electrons. The van der Waals surface area contributed by atoms with Gasteiger partial charge < -0.3 is 10.2 Å². The molecule has 0 bridgehead atoms. The summed E-state index contributed by atoms with van der Waals surface area (Å²) in [5, 5.41) is 18.5. The van der Waals surface area contributed by atoms with Crippen LogP contribution in [0.5, 0.6) is 0 Å². The molecule has 0 saturated heterocycles. The van der Waals surface area contributed by atoms with Crippen LogP contribution in [0.15, 0.2) is 11.1 Å². The van der Waals surface area contributed by atoms with Crippen LogP contribution in [0.4, 0.5) is 0 Å². The number of rotatable bonds is 12. The lowest BCUT2D eigenvalue weighted by Gasteiger charge is -2.04. The minimum Gasteiger partial charge on any atom is -0.481 e. The van der Waals surface area contributed by atoms with Gasteiger partial charge in [0.2, 0.25) is 0 Å². The predicted molar refractivity (Wildman–Crippen MR) is 99.1 cm³/mol. The number of hydrogen-bond acceptors (Lipinski definition) is 3. The number of hydrogen-bond donors (Lipinski definition) is 2. The van der Waals surface area contributed by atoms with Crippen molar-refractivity contribution in [2.45, 2.75) is 96.5 Å². The summed E-state index contributed by atoms with van der Waals surface area (Å²) in [4.78, 5) is 22.5. The molecule has 25 heavy (non-hydrogen) atoms. The van der Waals surface area contributed by atoms with Crippen molar-refractivity contribution < 1.29 is 19.8 Å². The fourth-order valence-electron chi connectivity index (χ4n) is 3.08. The summed E-state index contributed by atoms with van der Waals surface area (Å²) in [7, 11) is 0. The summed E-state index contributed by atoms with van der Waals surface area (Å²) < 4.78 is 0. The van der Waals surface area contributed by atoms with Crippen LogP contribution >= 0.6 is 0 Å². The van der Waals surface area contributed by atoms with Gasteiger partial charge in [0.05, 0.1) is 0 Å². The van der Waals surface area contributed by atoms with E-state index < -0.39 is 12.1 Å². The molecule has 0 aromatic rings. The van der Waals surface area contributed by atoms with E-state index in [0.717, 1.165) is 68.9 Å². The maximum absolute atomic E-state index is 12.0. The Labute approximate surface area is 151 Å². The number of aliphatic hydroxyl groups excluding tert-OH is 1. The minimum atomic E-state index is -0.734. The van der Waals surface area contributed by atoms with Gasteiger partial charge in [0, 0.05) is 24.0 Å². The molecule has 0 aromatic heterocycles. The second kappa shape index (κ2) is 12.7. The second-order valence-electron chi connectivity index (χ2n) is 6.82. The Bertz CT molecular complexity index is 522. The number of carbonyl (C=O) groups is 2. The third-order valence-electron chi connectivity index (χ3n) is 4.59. The topological polar surface area (TPSA) is 74.6 Å². The fraction of sp³-hybridized carbons (Fsp3) is 0.714. The normalized spacial score (nSPS) is 15.2. The molecule has 0 amide bonds. The lowest BCUT2D eigenvalue weighted by Crippen LogP contribution is -2.02. The van der Waals surface area contributed by atoms with Crippen LogP contribution in [-0.2, 0) is 9.59 Å². The standard InChI is InChI=1S/C21H32O4/c1-2-3-7-10-18(22)15-13-17-14-16-20(23)19(17)11-8-5-4-6-9-12-21(24)25/h18,22H,2-12,14,16H2,1H3,(H,24,25)/t18-/m0/s1. The number of allylic oxidation sites excluding steroid dienone is 2. The number of carbonyl (C=O) groups excluding carboxylic acids is 1. The van der Waals surface area contributed by atoms with Crippen LogP contribution in [0, 0.1) is 11.8 Å². The molecule has 2 N–H and O–H groups in total. The van der Waals surface area contributed by atoms with Crippen molar-refractivity contribution in [3.63, 3.8) is 0 Å². The molecule has 0 fully saturated rings. The molecule has 4 heteroatoms. The first kappa shape index (κ1) is 21.4. The van der Waals surface area contributed by atoms with E-state index >= 15 is 0 Å². The smallest absolute Gasteiger partial charge is 0.303 e. The van der Waals surface area contributed by atoms with E-state index in [1.54, 1.807) is 0 Å². The van der Waals surface area contributed by atoms with E-state index in [1.807, 2.05) is 0 Å². The van der Waals surface area contributed by atoms with E-state index in [4.69, 9.17) is 5.11 Å². The lowest BCUT2D eigenvalue weighted by atomic mass is 10.0. The highest BCUT2D eigenvalue weighted by molar-refractivity contribution is 5.99. The zero-order valence-corrected chi connectivity index (χ0v) is 15.5. The van der Waals surface area contributed by atoms with Gasteiger partial charge in [-0.2, -0.15) is 0 Å². The number of aliphatic hydroxyl groups is 1. The van der Waals surface area contributed by atoms with Gasteiger partial charge in [-0.25, -0.2) is 0 Å². The van der Waals surface area contributed by atoms with Crippen molar-refractivity contribution in [2.75, 3.05) is 0 Å². The molecule has 0 saturated carbocycles. The summed E-state index contributed by atoms with van der Waals surface area (Å²) in [5.74, 6) is 5.43. The Balaban J connectivity index is 2.37. The summed E-state index contributed by atoms with van der Waals surface area (Å²) in [5.41, 5.74) is 1.78. The molecule has 0 aromatic carbocycles. The SMILES string of the molecule is CCCCC[C@H](O)C#CC1=C(CCCCCCCC(=O)O)C(=O)CC1. The van der Waals surface area contributed by atoms with Crippen LogP contribution in [0.3, 0.4) is 0 Å². The van der Waals surface area contributed by atoms with E-state index in [1.165, 1.54) is 0 Å². The highest BCUT2D eigenvalue weighted by Gasteiger charge is 2.21. The van der Waals surface area contributed by atoms with E-state index in [2.05, 4.69) is 18.8 Å². The van der Waals surface area contributed by atoms with E-state index in [-0.39, 0.29) is 12.2 Å². The molecule has 1 atom stereocenters. The van der Waals surface area contributed by atoms with Gasteiger partial charge in [0.15, 0.2) is 5.78 Å². The largest absolute Gasteiger partial charge is 0.481 e. The Morgan fingerprint density at radius 1 is 1.08 bits per heavy atom. The zero-order chi connectivity index (χ0) is 18.5. The number of carboxylic acids is 1. The van der Waals surface area contributed by atoms with Gasteiger partial charge in [-0.15, -0.1) is 0 Å². The van der Waals surface area contributed by atoms with Gasteiger partial charge in [0.1, 0.15) is 6.10 Å². The number of aliphatic carboxylic acids is 1. The maximum Gasteiger partial charge on any atom is 0.303 e. The highest BCUT2D eigenvalue weighted by atomic mass is 16.4. The number of carboxylic acid groups (broad SMARTS) is 1. The maximum atomic E-state index is 12.0. The van der Waals surface area contributed by atoms with Crippen molar-refractivity contribution in [3.05, 3.63) is 11.1 Å². The first-order valence-electron chi connectivity index (χ1n) is 9.71. The molecule has 1 rings (SSSR count). The first-order chi connectivity index (χ1) is 12.0. The number of unbranched alkanes of at least 4 members (excludes halogenated alkanes) is 6. The molecule has 140 valence electrons. The van der Waals surface area contributed by atoms with Gasteiger partial charge >= 0.3 is 5.97 Å². The monoisotopic (exact) mass is 348 g/mol. The van der Waals surface area contributed by atoms with Crippen LogP contribution in [0.1, 0.15) is 90.4 Å². The van der Waals surface area contributed by atoms with Crippen molar-refractivity contribution >= 4 is 11.8 Å². The lowest BCUT2D eigenvalue weighted by molar-refractivity contribution is -0.137. The van der Waals surface area contributed by atoms with Crippen LogP contribution < -0.4 is 0 Å². The van der Waals surface area contributed by atoms with Crippen molar-refractivity contribution in [1.82, 2.24) is 0 Å². The minimum absolute atomic E-state index is 0.204. The molecule has 1 aliphatic carbocycles. The molecule has 1 aliphatic rings. The van der Waals surface area contributed by atoms with Gasteiger partial charge in [-0.05, 0) is 38.5 Å². The van der Waals surface area contributed by atoms with E-state index in [9.17, 15) is 14.7 Å². The Kier molecular flexibility index (Phi) is 10.9. The van der Waals surface area contributed by atoms with Gasteiger partial charge in [-0.1, -0.05) is 50.9 Å². The summed E-state index contributed by atoms with van der Waals surface area (Å²) >= 11 is 0. The predicted octanol–water partition coefficient (Wildman–Crippen LogP) is 4.41. The van der Waals surface area contributed by atoms with Crippen LogP contribution in [0.25, 0.3) is 0 Å². The third-order valence-corrected chi connectivity index (χ3v) is 4.59. The first-order valence-corrected chi connectivity index (χ1v) is 9.71. The Morgan fingerprint density at radius 3 is 2.52 bits per heavy atom. The van der Waals surface area contributed by atoms with Crippen molar-refractivity contribution in [2.24, 2.45) is 0 Å². The van der Waals surface area contributed by atoms with Crippen molar-refractivity contribution in [3.8, 4) is 11.8 Å². The second-order valence-corrected chi connectivity index (χ2v) is 6.82. The highest BCUT2D eigenvalue weighted by Crippen LogP contribution is 2.27.